The van der Waals surface area contributed by atoms with Crippen molar-refractivity contribution >= 4 is 39.6 Å². The molecule has 2 N–H and O–H groups in total. The molecule has 0 aliphatic carbocycles. The van der Waals surface area contributed by atoms with E-state index < -0.39 is 34.6 Å². The van der Waals surface area contributed by atoms with Gasteiger partial charge >= 0.3 is 11.9 Å². The highest BCUT2D eigenvalue weighted by atomic mass is 32.2. The lowest BCUT2D eigenvalue weighted by Gasteiger charge is -2.34. The van der Waals surface area contributed by atoms with Crippen molar-refractivity contribution in [1.82, 2.24) is 9.21 Å². The van der Waals surface area contributed by atoms with Gasteiger partial charge in [0.05, 0.1) is 30.5 Å². The Morgan fingerprint density at radius 2 is 1.92 bits per heavy atom. The van der Waals surface area contributed by atoms with Crippen molar-refractivity contribution in [2.75, 3.05) is 50.5 Å². The van der Waals surface area contributed by atoms with Gasteiger partial charge in [0.15, 0.2) is 0 Å². The number of carboxylic acid groups (broad SMARTS) is 2. The number of carboxylic acids is 2. The smallest absolute Gasteiger partial charge is 0.318 e. The summed E-state index contributed by atoms with van der Waals surface area (Å²) in [6.45, 7) is -0.207. The van der Waals surface area contributed by atoms with Crippen LogP contribution in [0.3, 0.4) is 0 Å². The average Bonchev–Trinajstić information content (AvgIpc) is 2.45. The van der Waals surface area contributed by atoms with E-state index in [9.17, 15) is 22.8 Å². The van der Waals surface area contributed by atoms with Gasteiger partial charge in [0.2, 0.25) is 15.9 Å². The van der Waals surface area contributed by atoms with Gasteiger partial charge in [-0.2, -0.15) is 4.31 Å². The first-order valence-electron chi connectivity index (χ1n) is 6.95. The first kappa shape index (κ1) is 20.7. The molecule has 1 aliphatic heterocycles. The summed E-state index contributed by atoms with van der Waals surface area (Å²) < 4.78 is 29.5. The zero-order valence-electron chi connectivity index (χ0n) is 13.1. The fourth-order valence-electron chi connectivity index (χ4n) is 2.07. The van der Waals surface area contributed by atoms with Crippen LogP contribution in [-0.4, -0.2) is 102 Å². The van der Waals surface area contributed by atoms with Gasteiger partial charge in [-0.05, 0) is 0 Å². The van der Waals surface area contributed by atoms with Crippen molar-refractivity contribution in [3.8, 4) is 0 Å². The molecule has 0 bridgehead atoms. The predicted molar refractivity (Wildman–Crippen MR) is 85.3 cm³/mol. The summed E-state index contributed by atoms with van der Waals surface area (Å²) in [6.07, 6.45) is 0.269. The lowest BCUT2D eigenvalue weighted by molar-refractivity contribution is -0.140. The van der Waals surface area contributed by atoms with Gasteiger partial charge in [-0.3, -0.25) is 14.4 Å². The van der Waals surface area contributed by atoms with Gasteiger partial charge in [-0.1, -0.05) is 0 Å². The van der Waals surface area contributed by atoms with E-state index in [1.54, 1.807) is 0 Å². The number of hydrogen-bond donors (Lipinski definition) is 2. The largest absolute Gasteiger partial charge is 0.481 e. The number of amides is 1. The van der Waals surface area contributed by atoms with Crippen LogP contribution in [0.15, 0.2) is 0 Å². The van der Waals surface area contributed by atoms with E-state index in [1.807, 2.05) is 0 Å². The van der Waals surface area contributed by atoms with Gasteiger partial charge in [-0.25, -0.2) is 8.42 Å². The molecular formula is C12H20N2O8S2. The molecule has 0 spiro atoms. The molecule has 0 radical (unpaired) electrons. The summed E-state index contributed by atoms with van der Waals surface area (Å²) in [5, 5.41) is 17.3. The number of aliphatic carboxylic acids is 2. The quantitative estimate of drug-likeness (QED) is 0.479. The van der Waals surface area contributed by atoms with E-state index in [1.165, 1.54) is 4.90 Å². The molecule has 0 aromatic carbocycles. The summed E-state index contributed by atoms with van der Waals surface area (Å²) >= 11 is 0.975. The van der Waals surface area contributed by atoms with E-state index in [0.717, 1.165) is 22.3 Å². The molecule has 1 atom stereocenters. The predicted octanol–water partition coefficient (Wildman–Crippen LogP) is -1.62. The van der Waals surface area contributed by atoms with E-state index >= 15 is 0 Å². The maximum absolute atomic E-state index is 12.0. The Kier molecular flexibility index (Phi) is 7.93. The monoisotopic (exact) mass is 384 g/mol. The summed E-state index contributed by atoms with van der Waals surface area (Å²) in [7, 11) is -3.72. The van der Waals surface area contributed by atoms with E-state index in [4.69, 9.17) is 14.9 Å². The molecule has 138 valence electrons. The first-order valence-corrected chi connectivity index (χ1v) is 9.95. The number of hydrogen-bond acceptors (Lipinski definition) is 7. The summed E-state index contributed by atoms with van der Waals surface area (Å²) in [5.41, 5.74) is 0. The average molecular weight is 384 g/mol. The van der Waals surface area contributed by atoms with Crippen molar-refractivity contribution in [2.45, 2.75) is 6.10 Å². The number of thioether (sulfide) groups is 1. The molecule has 0 saturated carbocycles. The lowest BCUT2D eigenvalue weighted by atomic mass is 10.2. The second-order valence-corrected chi connectivity index (χ2v) is 8.14. The van der Waals surface area contributed by atoms with Gasteiger partial charge in [0, 0.05) is 19.6 Å². The SMILES string of the molecule is CS(=O)(=O)N(CC(=O)O)CC1CN(C(=O)CSCC(=O)O)CCO1. The zero-order valence-corrected chi connectivity index (χ0v) is 14.7. The molecule has 1 amide bonds. The molecular weight excluding hydrogens is 364 g/mol. The van der Waals surface area contributed by atoms with Gasteiger partial charge < -0.3 is 19.8 Å². The second kappa shape index (κ2) is 9.20. The normalized spacial score (nSPS) is 18.6. The Morgan fingerprint density at radius 1 is 1.25 bits per heavy atom. The Labute approximate surface area is 143 Å². The van der Waals surface area contributed by atoms with Crippen LogP contribution in [0.5, 0.6) is 0 Å². The molecule has 24 heavy (non-hydrogen) atoms. The number of carbonyl (C=O) groups is 3. The van der Waals surface area contributed by atoms with Crippen molar-refractivity contribution in [1.29, 1.82) is 0 Å². The van der Waals surface area contributed by atoms with Crippen LogP contribution >= 0.6 is 11.8 Å². The number of morpholine rings is 1. The second-order valence-electron chi connectivity index (χ2n) is 5.17. The third-order valence-electron chi connectivity index (χ3n) is 3.13. The molecule has 10 nitrogen and oxygen atoms in total. The maximum Gasteiger partial charge on any atom is 0.318 e. The van der Waals surface area contributed by atoms with E-state index in [0.29, 0.717) is 6.54 Å². The molecule has 1 aliphatic rings. The number of rotatable bonds is 9. The molecule has 0 aromatic rings. The van der Waals surface area contributed by atoms with Crippen LogP contribution in [0.2, 0.25) is 0 Å². The molecule has 1 saturated heterocycles. The molecule has 1 unspecified atom stereocenters. The lowest BCUT2D eigenvalue weighted by Crippen LogP contribution is -2.51. The highest BCUT2D eigenvalue weighted by Crippen LogP contribution is 2.11. The van der Waals surface area contributed by atoms with Crippen molar-refractivity contribution in [3.05, 3.63) is 0 Å². The number of nitrogens with zero attached hydrogens (tertiary/aromatic N) is 2. The molecule has 1 rings (SSSR count). The fourth-order valence-corrected chi connectivity index (χ4v) is 3.48. The van der Waals surface area contributed by atoms with Gasteiger partial charge in [-0.15, -0.1) is 11.8 Å². The Balaban J connectivity index is 2.59. The minimum Gasteiger partial charge on any atom is -0.481 e. The highest BCUT2D eigenvalue weighted by molar-refractivity contribution is 8.00. The fraction of sp³-hybridized carbons (Fsp3) is 0.750. The number of sulfonamides is 1. The van der Waals surface area contributed by atoms with Crippen molar-refractivity contribution in [3.63, 3.8) is 0 Å². The van der Waals surface area contributed by atoms with Crippen LogP contribution in [0.4, 0.5) is 0 Å². The standard InChI is InChI=1S/C12H20N2O8S2/c1-24(20,21)14(6-11(16)17)5-9-4-13(2-3-22-9)10(15)7-23-8-12(18)19/h9H,2-8H2,1H3,(H,16,17)(H,18,19). The van der Waals surface area contributed by atoms with Crippen LogP contribution in [0.1, 0.15) is 0 Å². The van der Waals surface area contributed by atoms with Crippen LogP contribution in [0, 0.1) is 0 Å². The van der Waals surface area contributed by atoms with E-state index in [-0.39, 0.29) is 37.1 Å². The van der Waals surface area contributed by atoms with Crippen LogP contribution in [0.25, 0.3) is 0 Å². The number of carbonyl (C=O) groups excluding carboxylic acids is 1. The third-order valence-corrected chi connectivity index (χ3v) is 5.25. The van der Waals surface area contributed by atoms with E-state index in [2.05, 4.69) is 0 Å². The Morgan fingerprint density at radius 3 is 2.46 bits per heavy atom. The van der Waals surface area contributed by atoms with Crippen LogP contribution < -0.4 is 0 Å². The van der Waals surface area contributed by atoms with Gasteiger partial charge in [0.1, 0.15) is 6.54 Å². The summed E-state index contributed by atoms with van der Waals surface area (Å²) in [5.74, 6) is -2.73. The van der Waals surface area contributed by atoms with Crippen molar-refractivity contribution < 1.29 is 37.8 Å². The maximum atomic E-state index is 12.0. The molecule has 1 fully saturated rings. The molecule has 12 heteroatoms. The Hall–Kier alpha value is -1.37. The number of ether oxygens (including phenoxy) is 1. The first-order chi connectivity index (χ1) is 11.1. The topological polar surface area (TPSA) is 142 Å². The van der Waals surface area contributed by atoms with Crippen LogP contribution in [-0.2, 0) is 29.1 Å². The Bertz CT molecular complexity index is 580. The van der Waals surface area contributed by atoms with Gasteiger partial charge in [0.25, 0.3) is 0 Å². The summed E-state index contributed by atoms with van der Waals surface area (Å²) in [4.78, 5) is 34.7. The molecule has 1 heterocycles. The minimum atomic E-state index is -3.72. The zero-order chi connectivity index (χ0) is 18.3. The third kappa shape index (κ3) is 7.47. The highest BCUT2D eigenvalue weighted by Gasteiger charge is 2.29. The molecule has 0 aromatic heterocycles. The summed E-state index contributed by atoms with van der Waals surface area (Å²) in [6, 6.07) is 0. The van der Waals surface area contributed by atoms with Crippen molar-refractivity contribution in [2.24, 2.45) is 0 Å². The minimum absolute atomic E-state index is 0.00391.